The SMILES string of the molecule is Cc1ccccc1NC(=O)[C@@H]1CCCN(S(=O)(=O)c2ccc(Br)s2)C1. The molecule has 1 aliphatic rings. The highest BCUT2D eigenvalue weighted by atomic mass is 79.9. The molecule has 1 aromatic carbocycles. The number of sulfonamides is 1. The van der Waals surface area contributed by atoms with Crippen LogP contribution in [-0.4, -0.2) is 31.7 Å². The standard InChI is InChI=1S/C17H19BrN2O3S2/c1-12-5-2-3-7-14(12)19-17(21)13-6-4-10-20(11-13)25(22,23)16-9-8-15(18)24-16/h2-3,5,7-9,13H,4,6,10-11H2,1H3,(H,19,21)/t13-/m1/s1. The maximum Gasteiger partial charge on any atom is 0.252 e. The van der Waals surface area contributed by atoms with Gasteiger partial charge in [0.05, 0.1) is 9.70 Å². The highest BCUT2D eigenvalue weighted by Crippen LogP contribution is 2.31. The lowest BCUT2D eigenvalue weighted by atomic mass is 9.98. The Bertz CT molecular complexity index is 880. The number of carbonyl (C=O) groups is 1. The monoisotopic (exact) mass is 442 g/mol. The van der Waals surface area contributed by atoms with Crippen molar-refractivity contribution < 1.29 is 13.2 Å². The smallest absolute Gasteiger partial charge is 0.252 e. The maximum absolute atomic E-state index is 12.8. The summed E-state index contributed by atoms with van der Waals surface area (Å²) in [6, 6.07) is 10.9. The molecule has 25 heavy (non-hydrogen) atoms. The summed E-state index contributed by atoms with van der Waals surface area (Å²) in [6.45, 7) is 2.60. The molecule has 5 nitrogen and oxygen atoms in total. The number of thiophene rings is 1. The Morgan fingerprint density at radius 1 is 1.28 bits per heavy atom. The zero-order valence-corrected chi connectivity index (χ0v) is 17.0. The predicted octanol–water partition coefficient (Wildman–Crippen LogP) is 3.86. The largest absolute Gasteiger partial charge is 0.326 e. The molecule has 1 fully saturated rings. The first-order valence-electron chi connectivity index (χ1n) is 8.00. The van der Waals surface area contributed by atoms with Gasteiger partial charge in [0.1, 0.15) is 4.21 Å². The Kier molecular flexibility index (Phi) is 5.62. The number of amides is 1. The maximum atomic E-state index is 12.8. The van der Waals surface area contributed by atoms with Gasteiger partial charge in [-0.05, 0) is 59.5 Å². The Balaban J connectivity index is 1.73. The molecule has 0 unspecified atom stereocenters. The van der Waals surface area contributed by atoms with E-state index in [1.165, 1.54) is 15.6 Å². The van der Waals surface area contributed by atoms with E-state index < -0.39 is 10.0 Å². The van der Waals surface area contributed by atoms with Crippen LogP contribution in [0, 0.1) is 12.8 Å². The summed E-state index contributed by atoms with van der Waals surface area (Å²) in [6.07, 6.45) is 1.37. The quantitative estimate of drug-likeness (QED) is 0.781. The molecular formula is C17H19BrN2O3S2. The van der Waals surface area contributed by atoms with E-state index in [4.69, 9.17) is 0 Å². The molecular weight excluding hydrogens is 424 g/mol. The highest BCUT2D eigenvalue weighted by Gasteiger charge is 2.34. The van der Waals surface area contributed by atoms with Crippen LogP contribution in [-0.2, 0) is 14.8 Å². The lowest BCUT2D eigenvalue weighted by Gasteiger charge is -2.30. The van der Waals surface area contributed by atoms with Crippen LogP contribution in [0.4, 0.5) is 5.69 Å². The van der Waals surface area contributed by atoms with E-state index >= 15 is 0 Å². The summed E-state index contributed by atoms with van der Waals surface area (Å²) >= 11 is 4.49. The summed E-state index contributed by atoms with van der Waals surface area (Å²) in [7, 11) is -3.55. The molecule has 0 aliphatic carbocycles. The van der Waals surface area contributed by atoms with Gasteiger partial charge in [0.15, 0.2) is 0 Å². The second-order valence-electron chi connectivity index (χ2n) is 6.06. The summed E-state index contributed by atoms with van der Waals surface area (Å²) < 4.78 is 28.0. The van der Waals surface area contributed by atoms with E-state index in [-0.39, 0.29) is 18.4 Å². The van der Waals surface area contributed by atoms with Crippen LogP contribution >= 0.6 is 27.3 Å². The van der Waals surface area contributed by atoms with Crippen molar-refractivity contribution in [3.05, 3.63) is 45.7 Å². The van der Waals surface area contributed by atoms with Crippen molar-refractivity contribution in [2.24, 2.45) is 5.92 Å². The van der Waals surface area contributed by atoms with Crippen molar-refractivity contribution in [1.82, 2.24) is 4.31 Å². The van der Waals surface area contributed by atoms with E-state index in [0.29, 0.717) is 23.6 Å². The zero-order valence-electron chi connectivity index (χ0n) is 13.7. The molecule has 8 heteroatoms. The minimum Gasteiger partial charge on any atom is -0.326 e. The number of carbonyl (C=O) groups excluding carboxylic acids is 1. The Labute approximate surface area is 160 Å². The minimum atomic E-state index is -3.55. The van der Waals surface area contributed by atoms with Crippen molar-refractivity contribution >= 4 is 48.9 Å². The number of hydrogen-bond acceptors (Lipinski definition) is 4. The van der Waals surface area contributed by atoms with Gasteiger partial charge in [-0.3, -0.25) is 4.79 Å². The second-order valence-corrected chi connectivity index (χ2v) is 10.7. The third-order valence-electron chi connectivity index (χ3n) is 4.30. The topological polar surface area (TPSA) is 66.5 Å². The van der Waals surface area contributed by atoms with Crippen LogP contribution in [0.15, 0.2) is 44.4 Å². The molecule has 134 valence electrons. The number of anilines is 1. The molecule has 1 aromatic heterocycles. The van der Waals surface area contributed by atoms with Gasteiger partial charge in [-0.2, -0.15) is 4.31 Å². The number of halogens is 1. The zero-order chi connectivity index (χ0) is 18.0. The molecule has 0 bridgehead atoms. The minimum absolute atomic E-state index is 0.124. The average Bonchev–Trinajstić information content (AvgIpc) is 3.04. The number of para-hydroxylation sites is 1. The third-order valence-corrected chi connectivity index (χ3v) is 8.26. The highest BCUT2D eigenvalue weighted by molar-refractivity contribution is 9.11. The number of nitrogens with zero attached hydrogens (tertiary/aromatic N) is 1. The summed E-state index contributed by atoms with van der Waals surface area (Å²) in [5.41, 5.74) is 1.76. The van der Waals surface area contributed by atoms with E-state index in [9.17, 15) is 13.2 Å². The fourth-order valence-electron chi connectivity index (χ4n) is 2.89. The molecule has 2 heterocycles. The van der Waals surface area contributed by atoms with Crippen LogP contribution in [0.2, 0.25) is 0 Å². The number of benzene rings is 1. The van der Waals surface area contributed by atoms with Gasteiger partial charge >= 0.3 is 0 Å². The number of rotatable bonds is 4. The fraction of sp³-hybridized carbons (Fsp3) is 0.353. The molecule has 2 aromatic rings. The van der Waals surface area contributed by atoms with Crippen molar-refractivity contribution in [1.29, 1.82) is 0 Å². The molecule has 3 rings (SSSR count). The van der Waals surface area contributed by atoms with Gasteiger partial charge in [-0.25, -0.2) is 8.42 Å². The molecule has 0 spiro atoms. The Morgan fingerprint density at radius 2 is 2.04 bits per heavy atom. The third kappa shape index (κ3) is 4.13. The molecule has 0 saturated carbocycles. The Hall–Kier alpha value is -1.22. The molecule has 1 aliphatic heterocycles. The predicted molar refractivity (Wildman–Crippen MR) is 103 cm³/mol. The van der Waals surface area contributed by atoms with Gasteiger partial charge < -0.3 is 5.32 Å². The van der Waals surface area contributed by atoms with Crippen LogP contribution < -0.4 is 5.32 Å². The van der Waals surface area contributed by atoms with Gasteiger partial charge in [-0.15, -0.1) is 11.3 Å². The van der Waals surface area contributed by atoms with Crippen molar-refractivity contribution in [2.75, 3.05) is 18.4 Å². The van der Waals surface area contributed by atoms with Crippen LogP contribution in [0.25, 0.3) is 0 Å². The number of aryl methyl sites for hydroxylation is 1. The summed E-state index contributed by atoms with van der Waals surface area (Å²) in [4.78, 5) is 12.6. The fourth-order valence-corrected chi connectivity index (χ4v) is 6.57. The van der Waals surface area contributed by atoms with Gasteiger partial charge in [-0.1, -0.05) is 18.2 Å². The van der Waals surface area contributed by atoms with Crippen LogP contribution in [0.5, 0.6) is 0 Å². The van der Waals surface area contributed by atoms with E-state index in [0.717, 1.165) is 15.0 Å². The number of piperidine rings is 1. The summed E-state index contributed by atoms with van der Waals surface area (Å²) in [5, 5.41) is 2.93. The van der Waals surface area contributed by atoms with Gasteiger partial charge in [0, 0.05) is 18.8 Å². The first-order chi connectivity index (χ1) is 11.9. The van der Waals surface area contributed by atoms with Crippen molar-refractivity contribution in [3.8, 4) is 0 Å². The average molecular weight is 443 g/mol. The van der Waals surface area contributed by atoms with E-state index in [1.807, 2.05) is 31.2 Å². The number of hydrogen-bond donors (Lipinski definition) is 1. The van der Waals surface area contributed by atoms with E-state index in [1.54, 1.807) is 12.1 Å². The molecule has 1 atom stereocenters. The summed E-state index contributed by atoms with van der Waals surface area (Å²) in [5.74, 6) is -0.465. The lowest BCUT2D eigenvalue weighted by Crippen LogP contribution is -2.43. The van der Waals surface area contributed by atoms with Gasteiger partial charge in [0.2, 0.25) is 5.91 Å². The molecule has 0 radical (unpaired) electrons. The first-order valence-corrected chi connectivity index (χ1v) is 11.0. The molecule has 1 saturated heterocycles. The first kappa shape index (κ1) is 18.6. The number of nitrogens with one attached hydrogen (secondary N) is 1. The van der Waals surface area contributed by atoms with Crippen LogP contribution in [0.3, 0.4) is 0 Å². The molecule has 1 amide bonds. The lowest BCUT2D eigenvalue weighted by molar-refractivity contribution is -0.120. The normalized spacial score (nSPS) is 18.9. The molecule has 1 N–H and O–H groups in total. The van der Waals surface area contributed by atoms with Gasteiger partial charge in [0.25, 0.3) is 10.0 Å². The second kappa shape index (κ2) is 7.57. The van der Waals surface area contributed by atoms with E-state index in [2.05, 4.69) is 21.2 Å². The Morgan fingerprint density at radius 3 is 2.72 bits per heavy atom. The van der Waals surface area contributed by atoms with Crippen LogP contribution in [0.1, 0.15) is 18.4 Å². The van der Waals surface area contributed by atoms with Crippen molar-refractivity contribution in [2.45, 2.75) is 24.0 Å². The van der Waals surface area contributed by atoms with Crippen molar-refractivity contribution in [3.63, 3.8) is 0 Å².